The molecule has 10 aromatic rings. The Morgan fingerprint density at radius 2 is 0.949 bits per heavy atom. The lowest BCUT2D eigenvalue weighted by Crippen LogP contribution is -2.55. The van der Waals surface area contributed by atoms with Crippen molar-refractivity contribution in [2.24, 2.45) is 0 Å². The van der Waals surface area contributed by atoms with E-state index in [1.54, 1.807) is 6.07 Å². The summed E-state index contributed by atoms with van der Waals surface area (Å²) in [4.78, 5) is 0. The average Bonchev–Trinajstić information content (AvgIpc) is 3.81. The topological polar surface area (TPSA) is 18.1 Å². The molecule has 0 bridgehead atoms. The summed E-state index contributed by atoms with van der Waals surface area (Å²) in [6.07, 6.45) is 0. The van der Waals surface area contributed by atoms with E-state index in [0.717, 1.165) is 60.7 Å². The Bertz CT molecular complexity index is 3360. The molecule has 0 aliphatic carbocycles. The van der Waals surface area contributed by atoms with Gasteiger partial charge in [-0.1, -0.05) is 83.1 Å². The van der Waals surface area contributed by atoms with Gasteiger partial charge >= 0.3 is 0 Å². The molecular weight excluding hydrogens is 704 g/mol. The lowest BCUT2D eigenvalue weighted by Gasteiger charge is -2.23. The van der Waals surface area contributed by atoms with E-state index in [1.807, 2.05) is 48.5 Å². The second-order valence-electron chi connectivity index (χ2n) is 14.9. The summed E-state index contributed by atoms with van der Waals surface area (Å²) in [7, 11) is 57.7. The smallest absolute Gasteiger partial charge is 0.136 e. The van der Waals surface area contributed by atoms with E-state index in [4.69, 9.17) is 75.0 Å². The zero-order valence-electron chi connectivity index (χ0n) is 31.8. The molecule has 0 saturated carbocycles. The molecule has 2 nitrogen and oxygen atoms in total. The fourth-order valence-corrected chi connectivity index (χ4v) is 8.49. The molecule has 0 atom stereocenters. The van der Waals surface area contributed by atoms with Crippen LogP contribution in [0.1, 0.15) is 0 Å². The molecule has 2 aromatic heterocycles. The molecule has 0 amide bonds. The highest BCUT2D eigenvalue weighted by Gasteiger charge is 2.20. The number of aromatic nitrogens is 1. The third-order valence-corrected chi connectivity index (χ3v) is 11.5. The summed E-state index contributed by atoms with van der Waals surface area (Å²) in [5, 5.41) is 4.19. The van der Waals surface area contributed by atoms with Gasteiger partial charge in [0.2, 0.25) is 0 Å². The van der Waals surface area contributed by atoms with E-state index in [0.29, 0.717) is 27.8 Å². The Kier molecular flexibility index (Phi) is 8.87. The molecule has 10 rings (SSSR count). The first-order valence-electron chi connectivity index (χ1n) is 18.9. The van der Waals surface area contributed by atoms with E-state index < -0.39 is 0 Å². The van der Waals surface area contributed by atoms with Gasteiger partial charge in [-0.2, -0.15) is 0 Å². The van der Waals surface area contributed by atoms with Gasteiger partial charge in [-0.15, -0.1) is 32.8 Å². The van der Waals surface area contributed by atoms with Crippen LogP contribution < -0.4 is 49.2 Å². The molecule has 252 valence electrons. The highest BCUT2D eigenvalue weighted by Crippen LogP contribution is 2.41. The molecule has 8 aromatic carbocycles. The van der Waals surface area contributed by atoms with Crippen LogP contribution in [0.4, 0.5) is 0 Å². The highest BCUT2D eigenvalue weighted by atomic mass is 16.3. The van der Waals surface area contributed by atoms with Gasteiger partial charge in [0.1, 0.15) is 81.8 Å². The Balaban J connectivity index is 1.20. The first kappa shape index (κ1) is 37.2. The molecule has 0 N–H and O–H groups in total. The Morgan fingerprint density at radius 3 is 1.69 bits per heavy atom. The Morgan fingerprint density at radius 1 is 0.356 bits per heavy atom. The minimum Gasteiger partial charge on any atom is -0.456 e. The van der Waals surface area contributed by atoms with Gasteiger partial charge in [0, 0.05) is 27.2 Å². The number of benzene rings is 8. The van der Waals surface area contributed by atoms with E-state index >= 15 is 0 Å². The number of fused-ring (bicyclic) bond motifs is 6. The number of nitrogens with zero attached hydrogens (tertiary/aromatic N) is 1. The Hall–Kier alpha value is -6.06. The van der Waals surface area contributed by atoms with E-state index in [9.17, 15) is 0 Å². The van der Waals surface area contributed by atoms with Crippen LogP contribution in [0.25, 0.3) is 93.9 Å². The quantitative estimate of drug-likeness (QED) is 0.250. The summed E-state index contributed by atoms with van der Waals surface area (Å²) >= 11 is 0. The largest absolute Gasteiger partial charge is 0.456 e. The van der Waals surface area contributed by atoms with Gasteiger partial charge in [-0.25, -0.2) is 0 Å². The van der Waals surface area contributed by atoms with Crippen LogP contribution in [0, 0.1) is 0 Å². The van der Waals surface area contributed by atoms with Crippen molar-refractivity contribution in [3.8, 4) is 50.2 Å². The molecular formula is C48H22B9NO. The molecule has 0 spiro atoms. The maximum Gasteiger partial charge on any atom is 0.136 e. The normalized spacial score (nSPS) is 11.7. The van der Waals surface area contributed by atoms with Crippen molar-refractivity contribution in [3.63, 3.8) is 0 Å². The minimum absolute atomic E-state index is 0.120. The first-order chi connectivity index (χ1) is 28.5. The third-order valence-electron chi connectivity index (χ3n) is 11.5. The molecule has 18 radical (unpaired) electrons. The van der Waals surface area contributed by atoms with Gasteiger partial charge in [-0.3, -0.25) is 0 Å². The maximum atomic E-state index is 6.64. The van der Waals surface area contributed by atoms with Crippen molar-refractivity contribution >= 4 is 164 Å². The molecule has 2 heterocycles. The zero-order valence-corrected chi connectivity index (χ0v) is 31.8. The number of rotatable bonds is 5. The van der Waals surface area contributed by atoms with E-state index in [1.165, 1.54) is 5.39 Å². The lowest BCUT2D eigenvalue weighted by atomic mass is 9.59. The van der Waals surface area contributed by atoms with Crippen molar-refractivity contribution in [1.82, 2.24) is 4.57 Å². The van der Waals surface area contributed by atoms with E-state index in [2.05, 4.69) is 83.4 Å². The fourth-order valence-electron chi connectivity index (χ4n) is 8.49. The standard InChI is InChI=1S/C48H22B9NO/c49-34-22-31(41(50)45(54)42(34)51)26-17-25(18-27(19-26)39-43(52)46(55)48(57)47(56)44(39)53)29-10-6-12-38-40(29)33-21-24(14-16-37(33)59-38)23-13-15-36-32(20-23)30-9-4-5-11-35(30)58(36)28-7-2-1-3-8-28/h1-22H. The molecule has 0 unspecified atom stereocenters. The van der Waals surface area contributed by atoms with Crippen LogP contribution in [0.2, 0.25) is 0 Å². The SMILES string of the molecule is [B]c1cc(-c2cc(-c3c([B])c([B])c([B])c([B])c3[B])cc(-c3cccc4oc5ccc(-c6ccc7c(c6)c6ccccc6n7-c6ccccc6)cc5c34)c2)c([B])c([B])c1[B]. The van der Waals surface area contributed by atoms with Gasteiger partial charge in [0.15, 0.2) is 0 Å². The van der Waals surface area contributed by atoms with Gasteiger partial charge in [0.25, 0.3) is 0 Å². The predicted octanol–water partition coefficient (Wildman–Crippen LogP) is 2.50. The molecule has 0 fully saturated rings. The van der Waals surface area contributed by atoms with Gasteiger partial charge in [-0.05, 0) is 111 Å². The highest BCUT2D eigenvalue weighted by molar-refractivity contribution is 6.69. The fraction of sp³-hybridized carbons (Fsp3) is 0. The average molecular weight is 726 g/mol. The minimum atomic E-state index is 0.120. The summed E-state index contributed by atoms with van der Waals surface area (Å²) in [5.74, 6) is 0. The molecule has 0 saturated heterocycles. The van der Waals surface area contributed by atoms with Crippen LogP contribution in [-0.4, -0.2) is 75.2 Å². The lowest BCUT2D eigenvalue weighted by molar-refractivity contribution is 0.669. The van der Waals surface area contributed by atoms with E-state index in [-0.39, 0.29) is 49.2 Å². The predicted molar refractivity (Wildman–Crippen MR) is 258 cm³/mol. The summed E-state index contributed by atoms with van der Waals surface area (Å²) in [6.45, 7) is 0. The van der Waals surface area contributed by atoms with Crippen LogP contribution in [0.5, 0.6) is 0 Å². The second-order valence-corrected chi connectivity index (χ2v) is 14.9. The second kappa shape index (κ2) is 14.1. The first-order valence-corrected chi connectivity index (χ1v) is 18.9. The maximum absolute atomic E-state index is 6.64. The summed E-state index contributed by atoms with van der Waals surface area (Å²) < 4.78 is 8.82. The number of hydrogen-bond donors (Lipinski definition) is 0. The van der Waals surface area contributed by atoms with Crippen molar-refractivity contribution in [2.75, 3.05) is 0 Å². The molecule has 0 aliphatic rings. The van der Waals surface area contributed by atoms with Crippen LogP contribution in [0.15, 0.2) is 138 Å². The van der Waals surface area contributed by atoms with Crippen molar-refractivity contribution in [1.29, 1.82) is 0 Å². The molecule has 0 aliphatic heterocycles. The molecule has 59 heavy (non-hydrogen) atoms. The van der Waals surface area contributed by atoms with Gasteiger partial charge < -0.3 is 8.98 Å². The molecule has 11 heteroatoms. The van der Waals surface area contributed by atoms with Crippen molar-refractivity contribution < 1.29 is 4.42 Å². The monoisotopic (exact) mass is 727 g/mol. The van der Waals surface area contributed by atoms with Crippen molar-refractivity contribution in [2.45, 2.75) is 0 Å². The third kappa shape index (κ3) is 5.84. The van der Waals surface area contributed by atoms with Crippen LogP contribution in [-0.2, 0) is 0 Å². The Labute approximate surface area is 354 Å². The zero-order chi connectivity index (χ0) is 40.9. The van der Waals surface area contributed by atoms with Crippen LogP contribution >= 0.6 is 0 Å². The van der Waals surface area contributed by atoms with Gasteiger partial charge in [0.05, 0.1) is 11.0 Å². The number of furan rings is 1. The van der Waals surface area contributed by atoms with Crippen LogP contribution in [0.3, 0.4) is 0 Å². The number of hydrogen-bond acceptors (Lipinski definition) is 1. The summed E-state index contributed by atoms with van der Waals surface area (Å²) in [5.41, 5.74) is 12.7. The number of para-hydroxylation sites is 2. The summed E-state index contributed by atoms with van der Waals surface area (Å²) in [6, 6.07) is 45.4. The van der Waals surface area contributed by atoms with Crippen molar-refractivity contribution in [3.05, 3.63) is 133 Å².